The van der Waals surface area contributed by atoms with Gasteiger partial charge in [0, 0.05) is 18.4 Å². The van der Waals surface area contributed by atoms with Crippen LogP contribution in [0.3, 0.4) is 0 Å². The average Bonchev–Trinajstić information content (AvgIpc) is 2.76. The molecule has 9 heteroatoms. The Kier molecular flexibility index (Phi) is 9.20. The van der Waals surface area contributed by atoms with Gasteiger partial charge in [0.2, 0.25) is 0 Å². The largest absolute Gasteiger partial charge is 0.505 e. The van der Waals surface area contributed by atoms with Gasteiger partial charge in [-0.3, -0.25) is 5.32 Å². The van der Waals surface area contributed by atoms with Gasteiger partial charge in [-0.15, -0.1) is 0 Å². The number of aromatic hydroxyl groups is 1. The second-order valence-electron chi connectivity index (χ2n) is 6.66. The van der Waals surface area contributed by atoms with Crippen molar-refractivity contribution in [3.8, 4) is 11.8 Å². The number of anilines is 1. The van der Waals surface area contributed by atoms with Gasteiger partial charge in [0.15, 0.2) is 17.7 Å². The van der Waals surface area contributed by atoms with E-state index in [0.717, 1.165) is 18.2 Å². The predicted molar refractivity (Wildman–Crippen MR) is 113 cm³/mol. The highest BCUT2D eigenvalue weighted by Gasteiger charge is 2.28. The fourth-order valence-corrected chi connectivity index (χ4v) is 2.93. The van der Waals surface area contributed by atoms with Crippen molar-refractivity contribution in [1.82, 2.24) is 0 Å². The highest BCUT2D eigenvalue weighted by atomic mass is 19.1. The molecule has 0 unspecified atom stereocenters. The summed E-state index contributed by atoms with van der Waals surface area (Å²) >= 11 is 0. The molecule has 0 radical (unpaired) electrons. The van der Waals surface area contributed by atoms with Gasteiger partial charge in [0.05, 0.1) is 17.7 Å². The Morgan fingerprint density at radius 3 is 2.56 bits per heavy atom. The molecule has 1 amide bonds. The first-order valence-corrected chi connectivity index (χ1v) is 9.81. The molecule has 3 N–H and O–H groups in total. The first-order chi connectivity index (χ1) is 15.3. The SMILES string of the molecule is CCO[C@@H](CC/C=C/C(=O)O)[C@@H](OC(=O)Nc1ccc(C#N)cc1)c1ccc(O)c(F)c1. The number of nitrogens with zero attached hydrogens (tertiary/aromatic N) is 1. The number of nitriles is 1. The molecule has 32 heavy (non-hydrogen) atoms. The molecule has 8 nitrogen and oxygen atoms in total. The number of benzene rings is 2. The highest BCUT2D eigenvalue weighted by Crippen LogP contribution is 2.30. The Morgan fingerprint density at radius 1 is 1.25 bits per heavy atom. The lowest BCUT2D eigenvalue weighted by Gasteiger charge is -2.27. The van der Waals surface area contributed by atoms with Crippen LogP contribution in [0.25, 0.3) is 0 Å². The van der Waals surface area contributed by atoms with Crippen molar-refractivity contribution in [3.63, 3.8) is 0 Å². The Labute approximate surface area is 184 Å². The van der Waals surface area contributed by atoms with Gasteiger partial charge in [-0.2, -0.15) is 5.26 Å². The molecule has 168 valence electrons. The smallest absolute Gasteiger partial charge is 0.412 e. The van der Waals surface area contributed by atoms with Crippen molar-refractivity contribution in [1.29, 1.82) is 5.26 Å². The van der Waals surface area contributed by atoms with E-state index in [4.69, 9.17) is 19.8 Å². The first-order valence-electron chi connectivity index (χ1n) is 9.81. The third-order valence-corrected chi connectivity index (χ3v) is 4.39. The lowest BCUT2D eigenvalue weighted by atomic mass is 9.99. The van der Waals surface area contributed by atoms with Crippen LogP contribution >= 0.6 is 0 Å². The van der Waals surface area contributed by atoms with Crippen LogP contribution in [0.2, 0.25) is 0 Å². The summed E-state index contributed by atoms with van der Waals surface area (Å²) in [5.74, 6) is -2.52. The second-order valence-corrected chi connectivity index (χ2v) is 6.66. The summed E-state index contributed by atoms with van der Waals surface area (Å²) in [7, 11) is 0. The zero-order valence-electron chi connectivity index (χ0n) is 17.3. The molecule has 0 aromatic heterocycles. The summed E-state index contributed by atoms with van der Waals surface area (Å²) in [6.07, 6.45) is 0.453. The minimum absolute atomic E-state index is 0.260. The summed E-state index contributed by atoms with van der Waals surface area (Å²) in [6, 6.07) is 11.7. The van der Waals surface area contributed by atoms with Crippen LogP contribution in [0.15, 0.2) is 54.6 Å². The average molecular weight is 442 g/mol. The maximum Gasteiger partial charge on any atom is 0.412 e. The molecule has 2 rings (SSSR count). The van der Waals surface area contributed by atoms with Gasteiger partial charge in [-0.25, -0.2) is 14.0 Å². The number of rotatable bonds is 10. The number of nitrogens with one attached hydrogen (secondary N) is 1. The molecule has 0 aliphatic carbocycles. The second kappa shape index (κ2) is 12.1. The van der Waals surface area contributed by atoms with Crippen LogP contribution in [0.5, 0.6) is 5.75 Å². The lowest BCUT2D eigenvalue weighted by Crippen LogP contribution is -2.29. The van der Waals surface area contributed by atoms with Crippen molar-refractivity contribution in [2.45, 2.75) is 32.0 Å². The van der Waals surface area contributed by atoms with Crippen molar-refractivity contribution in [3.05, 3.63) is 71.6 Å². The number of allylic oxidation sites excluding steroid dienone is 1. The third kappa shape index (κ3) is 7.41. The van der Waals surface area contributed by atoms with Crippen molar-refractivity contribution < 1.29 is 33.7 Å². The molecule has 0 saturated carbocycles. The monoisotopic (exact) mass is 442 g/mol. The predicted octanol–water partition coefficient (Wildman–Crippen LogP) is 4.52. The van der Waals surface area contributed by atoms with Gasteiger partial charge >= 0.3 is 12.1 Å². The number of carboxylic acid groups (broad SMARTS) is 1. The van der Waals surface area contributed by atoms with Crippen LogP contribution < -0.4 is 5.32 Å². The Balaban J connectivity index is 2.24. The van der Waals surface area contributed by atoms with Crippen LogP contribution in [-0.2, 0) is 14.3 Å². The van der Waals surface area contributed by atoms with E-state index in [1.807, 2.05) is 6.07 Å². The van der Waals surface area contributed by atoms with Gasteiger partial charge in [-0.1, -0.05) is 12.1 Å². The zero-order valence-corrected chi connectivity index (χ0v) is 17.3. The number of carbonyl (C=O) groups excluding carboxylic acids is 1. The molecule has 0 aliphatic rings. The Hall–Kier alpha value is -3.90. The lowest BCUT2D eigenvalue weighted by molar-refractivity contribution is -0.131. The zero-order chi connectivity index (χ0) is 23.5. The Bertz CT molecular complexity index is 1000. The quantitative estimate of drug-likeness (QED) is 0.461. The number of carbonyl (C=O) groups is 2. The number of hydrogen-bond donors (Lipinski definition) is 3. The molecular formula is C23H23FN2O6. The van der Waals surface area contributed by atoms with E-state index >= 15 is 0 Å². The van der Waals surface area contributed by atoms with E-state index in [9.17, 15) is 19.1 Å². The van der Waals surface area contributed by atoms with E-state index in [2.05, 4.69) is 5.32 Å². The van der Waals surface area contributed by atoms with Crippen LogP contribution in [-0.4, -0.2) is 35.0 Å². The summed E-state index contributed by atoms with van der Waals surface area (Å²) in [5.41, 5.74) is 1.07. The van der Waals surface area contributed by atoms with Gasteiger partial charge < -0.3 is 19.7 Å². The minimum atomic E-state index is -1.09. The number of halogens is 1. The van der Waals surface area contributed by atoms with Gasteiger partial charge in [-0.05, 0) is 61.7 Å². The van der Waals surface area contributed by atoms with E-state index < -0.39 is 35.8 Å². The van der Waals surface area contributed by atoms with Crippen LogP contribution in [0.4, 0.5) is 14.9 Å². The van der Waals surface area contributed by atoms with Crippen molar-refractivity contribution in [2.24, 2.45) is 0 Å². The van der Waals surface area contributed by atoms with E-state index in [1.165, 1.54) is 36.4 Å². The van der Waals surface area contributed by atoms with Gasteiger partial charge in [0.25, 0.3) is 0 Å². The van der Waals surface area contributed by atoms with E-state index in [1.54, 1.807) is 6.92 Å². The molecule has 2 atom stereocenters. The molecule has 0 fully saturated rings. The molecule has 0 bridgehead atoms. The van der Waals surface area contributed by atoms with Crippen molar-refractivity contribution in [2.75, 3.05) is 11.9 Å². The summed E-state index contributed by atoms with van der Waals surface area (Å²) in [5, 5.41) is 29.6. The number of carboxylic acids is 1. The third-order valence-electron chi connectivity index (χ3n) is 4.39. The number of aliphatic carboxylic acids is 1. The van der Waals surface area contributed by atoms with E-state index in [-0.39, 0.29) is 18.6 Å². The normalized spacial score (nSPS) is 12.7. The molecular weight excluding hydrogens is 419 g/mol. The maximum absolute atomic E-state index is 14.0. The number of amides is 1. The number of phenols is 1. The highest BCUT2D eigenvalue weighted by molar-refractivity contribution is 5.84. The minimum Gasteiger partial charge on any atom is -0.505 e. The van der Waals surface area contributed by atoms with Crippen LogP contribution in [0, 0.1) is 17.1 Å². The maximum atomic E-state index is 14.0. The van der Waals surface area contributed by atoms with E-state index in [0.29, 0.717) is 17.7 Å². The molecule has 0 saturated heterocycles. The molecule has 0 aliphatic heterocycles. The number of ether oxygens (including phenoxy) is 2. The number of phenolic OH excluding ortho intramolecular Hbond substituents is 1. The van der Waals surface area contributed by atoms with Crippen molar-refractivity contribution >= 4 is 17.7 Å². The molecule has 2 aromatic carbocycles. The summed E-state index contributed by atoms with van der Waals surface area (Å²) < 4.78 is 25.3. The molecule has 0 heterocycles. The molecule has 2 aromatic rings. The Morgan fingerprint density at radius 2 is 1.97 bits per heavy atom. The van der Waals surface area contributed by atoms with Gasteiger partial charge in [0.1, 0.15) is 0 Å². The molecule has 0 spiro atoms. The summed E-state index contributed by atoms with van der Waals surface area (Å²) in [6.45, 7) is 2.01. The number of hydrogen-bond acceptors (Lipinski definition) is 6. The summed E-state index contributed by atoms with van der Waals surface area (Å²) in [4.78, 5) is 23.2. The fourth-order valence-electron chi connectivity index (χ4n) is 2.93. The first kappa shape index (κ1) is 24.4. The fraction of sp³-hybridized carbons (Fsp3) is 0.261. The topological polar surface area (TPSA) is 129 Å². The standard InChI is InChI=1S/C23H23FN2O6/c1-2-31-20(5-3-4-6-21(28)29)22(16-9-12-19(27)18(24)13-16)32-23(30)26-17-10-7-15(14-25)8-11-17/h4,6-13,20,22,27H,2-3,5H2,1H3,(H,26,30)(H,28,29)/b6-4+/t20-,22-/m0/s1. The van der Waals surface area contributed by atoms with Crippen LogP contribution in [0.1, 0.15) is 37.0 Å².